The van der Waals surface area contributed by atoms with Crippen LogP contribution in [0.3, 0.4) is 0 Å². The zero-order chi connectivity index (χ0) is 51.1. The van der Waals surface area contributed by atoms with E-state index >= 15 is 0 Å². The minimum atomic E-state index is -0.603. The van der Waals surface area contributed by atoms with Gasteiger partial charge in [-0.3, -0.25) is 0 Å². The third-order valence-electron chi connectivity index (χ3n) is 18.5. The lowest BCUT2D eigenvalue weighted by Crippen LogP contribution is -2.29. The second-order valence-electron chi connectivity index (χ2n) is 23.0. The van der Waals surface area contributed by atoms with Gasteiger partial charge in [-0.25, -0.2) is 0 Å². The van der Waals surface area contributed by atoms with Gasteiger partial charge in [-0.2, -0.15) is 0 Å². The van der Waals surface area contributed by atoms with Crippen molar-refractivity contribution in [3.05, 3.63) is 275 Å². The molecule has 0 spiro atoms. The largest absolute Gasteiger partial charge is 0.135 e. The first kappa shape index (κ1) is 43.8. The molecule has 2 heteroatoms. The van der Waals surface area contributed by atoms with Crippen molar-refractivity contribution >= 4 is 84.6 Å². The molecule has 0 aliphatic heterocycles. The summed E-state index contributed by atoms with van der Waals surface area (Å²) in [7, 11) is 0. The predicted octanol–water partition coefficient (Wildman–Crippen LogP) is 21.0. The molecule has 0 nitrogen and oxygen atoms in total. The third-order valence-corrected chi connectivity index (χ3v) is 20.8. The number of fused-ring (bicyclic) bond motifs is 19. The molecule has 14 aromatic rings. The van der Waals surface area contributed by atoms with E-state index in [-0.39, 0.29) is 10.8 Å². The van der Waals surface area contributed by atoms with Crippen LogP contribution >= 0.6 is 22.7 Å². The van der Waals surface area contributed by atoms with Crippen molar-refractivity contribution in [2.24, 2.45) is 0 Å². The van der Waals surface area contributed by atoms with Crippen LogP contribution in [0.4, 0.5) is 0 Å². The maximum Gasteiger partial charge on any atom is 0.0714 e. The Balaban J connectivity index is 0.939. The summed E-state index contributed by atoms with van der Waals surface area (Å²) in [5.74, 6) is 0. The molecule has 0 saturated heterocycles. The average molecular weight is 1020 g/mol. The van der Waals surface area contributed by atoms with E-state index in [1.54, 1.807) is 0 Å². The lowest BCUT2D eigenvalue weighted by molar-refractivity contribution is 0.660. The maximum atomic E-state index is 2.65. The van der Waals surface area contributed by atoms with Crippen LogP contribution in [0.2, 0.25) is 0 Å². The number of benzene rings is 12. The topological polar surface area (TPSA) is 0 Å². The summed E-state index contributed by atoms with van der Waals surface area (Å²) in [5, 5.41) is 10.6. The molecule has 0 N–H and O–H groups in total. The van der Waals surface area contributed by atoms with Crippen molar-refractivity contribution in [1.82, 2.24) is 0 Å². The Morgan fingerprint density at radius 3 is 1.01 bits per heavy atom. The molecular weight excluding hydrogens is 965 g/mol. The molecule has 77 heavy (non-hydrogen) atoms. The Kier molecular flexibility index (Phi) is 8.75. The van der Waals surface area contributed by atoms with Gasteiger partial charge in [0.1, 0.15) is 0 Å². The van der Waals surface area contributed by atoms with E-state index in [0.29, 0.717) is 0 Å². The molecule has 0 unspecified atom stereocenters. The van der Waals surface area contributed by atoms with Crippen LogP contribution in [0, 0.1) is 0 Å². The summed E-state index contributed by atoms with van der Waals surface area (Å²) in [4.78, 5) is 0. The molecule has 3 aliphatic carbocycles. The fourth-order valence-corrected chi connectivity index (χ4v) is 17.3. The van der Waals surface area contributed by atoms with Crippen LogP contribution in [0.1, 0.15) is 72.2 Å². The lowest BCUT2D eigenvalue weighted by atomic mass is 9.67. The highest BCUT2D eigenvalue weighted by Crippen LogP contribution is 2.64. The molecule has 0 amide bonds. The number of hydrogen-bond acceptors (Lipinski definition) is 2. The van der Waals surface area contributed by atoms with E-state index in [1.165, 1.54) is 162 Å². The Morgan fingerprint density at radius 2 is 0.584 bits per heavy atom. The van der Waals surface area contributed by atoms with Crippen LogP contribution in [-0.2, 0) is 16.2 Å². The van der Waals surface area contributed by atoms with Crippen molar-refractivity contribution in [3.8, 4) is 55.6 Å². The molecule has 2 aromatic heterocycles. The quantitative estimate of drug-likeness (QED) is 0.165. The van der Waals surface area contributed by atoms with Gasteiger partial charge in [-0.15, -0.1) is 22.7 Å². The Morgan fingerprint density at radius 1 is 0.247 bits per heavy atom. The van der Waals surface area contributed by atoms with E-state index in [9.17, 15) is 0 Å². The first-order valence-corrected chi connectivity index (χ1v) is 28.8. The molecular formula is C75H50S2. The molecule has 0 fully saturated rings. The van der Waals surface area contributed by atoms with E-state index in [2.05, 4.69) is 258 Å². The minimum Gasteiger partial charge on any atom is -0.135 e. The van der Waals surface area contributed by atoms with Gasteiger partial charge in [0.15, 0.2) is 0 Å². The fraction of sp³-hybridized carbons (Fsp3) is 0.0933. The summed E-state index contributed by atoms with van der Waals surface area (Å²) in [6, 6.07) is 88.8. The maximum absolute atomic E-state index is 2.65. The summed E-state index contributed by atoms with van der Waals surface area (Å²) in [6.45, 7) is 9.91. The van der Waals surface area contributed by atoms with Gasteiger partial charge in [-0.05, 0) is 182 Å². The zero-order valence-corrected chi connectivity index (χ0v) is 44.9. The highest BCUT2D eigenvalue weighted by molar-refractivity contribution is 7.26. The van der Waals surface area contributed by atoms with Crippen molar-refractivity contribution in [1.29, 1.82) is 0 Å². The standard InChI is InChI=1S/C75H50S2/c1-73(2)59-39-55-56-40-60-58(70-48-28-14-12-26-46(48)54(38-64(70)74(60,3)4)50-32-20-36-68-72(50)52-30-16-18-34-66(52)77-68)42-62(56)75(43-21-7-5-8-22-43,44-23-9-6-10-24-44)61(55)41-57(59)69-47-27-13-11-25-45(47)53(37-63(69)73)49-31-19-35-67-71(49)51-29-15-17-33-65(51)76-67/h5-42H,1-4H3. The molecule has 3 aliphatic rings. The van der Waals surface area contributed by atoms with Gasteiger partial charge in [-0.1, -0.05) is 198 Å². The highest BCUT2D eigenvalue weighted by atomic mass is 32.1. The van der Waals surface area contributed by atoms with Crippen LogP contribution in [-0.4, -0.2) is 0 Å². The molecule has 0 atom stereocenters. The van der Waals surface area contributed by atoms with Gasteiger partial charge in [0.05, 0.1) is 5.41 Å². The number of thiophene rings is 2. The second-order valence-corrected chi connectivity index (χ2v) is 25.1. The molecule has 0 radical (unpaired) electrons. The zero-order valence-electron chi connectivity index (χ0n) is 43.3. The summed E-state index contributed by atoms with van der Waals surface area (Å²) in [6.07, 6.45) is 0. The first-order chi connectivity index (χ1) is 37.7. The Labute approximate surface area is 456 Å². The normalized spacial score (nSPS) is 15.1. The van der Waals surface area contributed by atoms with Crippen molar-refractivity contribution in [2.45, 2.75) is 43.9 Å². The van der Waals surface area contributed by atoms with Crippen molar-refractivity contribution in [2.75, 3.05) is 0 Å². The summed E-state index contributed by atoms with van der Waals surface area (Å²) < 4.78 is 5.33. The monoisotopic (exact) mass is 1010 g/mol. The average Bonchev–Trinajstić information content (AvgIpc) is 4.24. The van der Waals surface area contributed by atoms with Gasteiger partial charge in [0, 0.05) is 51.2 Å². The second kappa shape index (κ2) is 15.4. The van der Waals surface area contributed by atoms with Gasteiger partial charge in [0.25, 0.3) is 0 Å². The number of rotatable bonds is 4. The Bertz CT molecular complexity index is 4590. The molecule has 12 aromatic carbocycles. The smallest absolute Gasteiger partial charge is 0.0714 e. The van der Waals surface area contributed by atoms with Crippen LogP contribution in [0.15, 0.2) is 231 Å². The number of hydrogen-bond donors (Lipinski definition) is 0. The van der Waals surface area contributed by atoms with E-state index in [0.717, 1.165) is 0 Å². The van der Waals surface area contributed by atoms with Gasteiger partial charge >= 0.3 is 0 Å². The lowest BCUT2D eigenvalue weighted by Gasteiger charge is -2.34. The van der Waals surface area contributed by atoms with Gasteiger partial charge in [0.2, 0.25) is 0 Å². The summed E-state index contributed by atoms with van der Waals surface area (Å²) in [5.41, 5.74) is 23.0. The SMILES string of the molecule is CC1(C)c2cc3c(cc2-c2c1cc(-c1cccc4sc5ccccc5c14)c1ccccc21)C(c1ccccc1)(c1ccccc1)c1cc2c(cc1-3)C(C)(C)c1cc(-c3cccc4sc5ccccc5c34)c3ccccc3c1-2. The van der Waals surface area contributed by atoms with E-state index in [1.807, 2.05) is 22.7 Å². The van der Waals surface area contributed by atoms with Gasteiger partial charge < -0.3 is 0 Å². The molecule has 0 saturated carbocycles. The van der Waals surface area contributed by atoms with E-state index < -0.39 is 5.41 Å². The van der Waals surface area contributed by atoms with Crippen molar-refractivity contribution in [3.63, 3.8) is 0 Å². The van der Waals surface area contributed by atoms with Crippen molar-refractivity contribution < 1.29 is 0 Å². The molecule has 0 bridgehead atoms. The van der Waals surface area contributed by atoms with Crippen LogP contribution in [0.25, 0.3) is 118 Å². The Hall–Kier alpha value is -8.40. The first-order valence-electron chi connectivity index (χ1n) is 27.1. The molecule has 17 rings (SSSR count). The minimum absolute atomic E-state index is 0.286. The fourth-order valence-electron chi connectivity index (χ4n) is 15.1. The van der Waals surface area contributed by atoms with E-state index in [4.69, 9.17) is 0 Å². The molecule has 362 valence electrons. The summed E-state index contributed by atoms with van der Waals surface area (Å²) >= 11 is 3.80. The van der Waals surface area contributed by atoms with Crippen LogP contribution in [0.5, 0.6) is 0 Å². The molecule has 2 heterocycles. The third kappa shape index (κ3) is 5.62. The van der Waals surface area contributed by atoms with Crippen LogP contribution < -0.4 is 0 Å². The highest BCUT2D eigenvalue weighted by Gasteiger charge is 2.51. The predicted molar refractivity (Wildman–Crippen MR) is 331 cm³/mol.